The predicted molar refractivity (Wildman–Crippen MR) is 112 cm³/mol. The van der Waals surface area contributed by atoms with E-state index in [9.17, 15) is 9.59 Å². The number of H-pyrrole nitrogens is 1. The normalized spacial score (nSPS) is 16.2. The van der Waals surface area contributed by atoms with Crippen molar-refractivity contribution in [2.24, 2.45) is 5.73 Å². The highest BCUT2D eigenvalue weighted by atomic mass is 79.9. The second-order valence-corrected chi connectivity index (χ2v) is 7.87. The molecule has 1 atom stereocenters. The summed E-state index contributed by atoms with van der Waals surface area (Å²) in [6, 6.07) is 16.9. The highest BCUT2D eigenvalue weighted by Crippen LogP contribution is 2.24. The zero-order valence-electron chi connectivity index (χ0n) is 15.3. The smallest absolute Gasteiger partial charge is 0.270 e. The van der Waals surface area contributed by atoms with Crippen LogP contribution in [0.5, 0.6) is 0 Å². The fraction of sp³-hybridized carbons (Fsp3) is 0.238. The number of carbonyl (C=O) groups is 2. The van der Waals surface area contributed by atoms with Gasteiger partial charge in [-0.15, -0.1) is 0 Å². The van der Waals surface area contributed by atoms with Gasteiger partial charge in [-0.2, -0.15) is 0 Å². The third-order valence-corrected chi connectivity index (χ3v) is 5.71. The van der Waals surface area contributed by atoms with Crippen molar-refractivity contribution < 1.29 is 9.59 Å². The standard InChI is InChI=1S/C21H21BrN4O2/c22-16-7-5-14(6-8-16)19(20(23)27)25-9-11-26(12-10-25)21(28)18-13-15-3-1-2-4-17(15)24-18/h1-8,13,19,24H,9-12H2,(H2,23,27). The van der Waals surface area contributed by atoms with Gasteiger partial charge in [0.1, 0.15) is 11.7 Å². The number of amides is 2. The van der Waals surface area contributed by atoms with Gasteiger partial charge in [-0.25, -0.2) is 0 Å². The van der Waals surface area contributed by atoms with Gasteiger partial charge in [-0.1, -0.05) is 46.3 Å². The van der Waals surface area contributed by atoms with E-state index in [2.05, 4.69) is 20.9 Å². The Hall–Kier alpha value is -2.64. The predicted octanol–water partition coefficient (Wildman–Crippen LogP) is 2.91. The summed E-state index contributed by atoms with van der Waals surface area (Å²) in [5.74, 6) is -0.396. The third-order valence-electron chi connectivity index (χ3n) is 5.18. The van der Waals surface area contributed by atoms with E-state index < -0.39 is 6.04 Å². The Morgan fingerprint density at radius 1 is 1.00 bits per heavy atom. The molecule has 2 heterocycles. The van der Waals surface area contributed by atoms with Gasteiger partial charge in [0.2, 0.25) is 5.91 Å². The third kappa shape index (κ3) is 3.68. The summed E-state index contributed by atoms with van der Waals surface area (Å²) in [5, 5.41) is 1.02. The molecular weight excluding hydrogens is 420 g/mol. The van der Waals surface area contributed by atoms with E-state index in [-0.39, 0.29) is 11.8 Å². The molecule has 1 unspecified atom stereocenters. The number of benzene rings is 2. The van der Waals surface area contributed by atoms with Gasteiger partial charge in [0.05, 0.1) is 0 Å². The topological polar surface area (TPSA) is 82.4 Å². The van der Waals surface area contributed by atoms with Crippen LogP contribution in [-0.4, -0.2) is 52.8 Å². The number of aromatic amines is 1. The largest absolute Gasteiger partial charge is 0.368 e. The van der Waals surface area contributed by atoms with Crippen molar-refractivity contribution in [3.63, 3.8) is 0 Å². The van der Waals surface area contributed by atoms with Gasteiger partial charge in [0, 0.05) is 41.6 Å². The van der Waals surface area contributed by atoms with E-state index >= 15 is 0 Å². The number of para-hydroxylation sites is 1. The van der Waals surface area contributed by atoms with Crippen LogP contribution in [0, 0.1) is 0 Å². The minimum absolute atomic E-state index is 0.0184. The molecule has 6 nitrogen and oxygen atoms in total. The number of piperazine rings is 1. The minimum atomic E-state index is -0.488. The van der Waals surface area contributed by atoms with E-state index in [1.165, 1.54) is 0 Å². The fourth-order valence-electron chi connectivity index (χ4n) is 3.74. The molecule has 0 aliphatic carbocycles. The van der Waals surface area contributed by atoms with Crippen LogP contribution < -0.4 is 5.73 Å². The van der Waals surface area contributed by atoms with Gasteiger partial charge in [0.25, 0.3) is 5.91 Å². The Kier molecular flexibility index (Phi) is 5.19. The number of carbonyl (C=O) groups excluding carboxylic acids is 2. The SMILES string of the molecule is NC(=O)C(c1ccc(Br)cc1)N1CCN(C(=O)c2cc3ccccc3[nH]2)CC1. The highest BCUT2D eigenvalue weighted by molar-refractivity contribution is 9.10. The van der Waals surface area contributed by atoms with E-state index in [0.29, 0.717) is 31.9 Å². The Labute approximate surface area is 171 Å². The van der Waals surface area contributed by atoms with Crippen LogP contribution in [0.15, 0.2) is 59.1 Å². The lowest BCUT2D eigenvalue weighted by Gasteiger charge is -2.38. The molecule has 1 fully saturated rings. The maximum Gasteiger partial charge on any atom is 0.270 e. The second kappa shape index (κ2) is 7.77. The minimum Gasteiger partial charge on any atom is -0.368 e. The molecule has 1 aliphatic rings. The molecule has 1 aromatic heterocycles. The average Bonchev–Trinajstić information content (AvgIpc) is 3.14. The molecule has 1 saturated heterocycles. The zero-order chi connectivity index (χ0) is 19.7. The van der Waals surface area contributed by atoms with Gasteiger partial charge in [0.15, 0.2) is 0 Å². The van der Waals surface area contributed by atoms with Crippen LogP contribution in [0.2, 0.25) is 0 Å². The van der Waals surface area contributed by atoms with Crippen LogP contribution in [0.25, 0.3) is 10.9 Å². The van der Waals surface area contributed by atoms with Gasteiger partial charge in [-0.05, 0) is 29.8 Å². The number of nitrogens with one attached hydrogen (secondary N) is 1. The Morgan fingerprint density at radius 2 is 1.68 bits per heavy atom. The van der Waals surface area contributed by atoms with Crippen molar-refractivity contribution in [2.75, 3.05) is 26.2 Å². The molecule has 3 aromatic rings. The van der Waals surface area contributed by atoms with Crippen LogP contribution in [0.4, 0.5) is 0 Å². The first kappa shape index (κ1) is 18.7. The molecule has 7 heteroatoms. The van der Waals surface area contributed by atoms with Crippen molar-refractivity contribution in [3.8, 4) is 0 Å². The Balaban J connectivity index is 1.46. The van der Waals surface area contributed by atoms with Crippen LogP contribution in [-0.2, 0) is 4.79 Å². The van der Waals surface area contributed by atoms with Crippen LogP contribution in [0.3, 0.4) is 0 Å². The number of hydrogen-bond acceptors (Lipinski definition) is 3. The summed E-state index contributed by atoms with van der Waals surface area (Å²) in [4.78, 5) is 32.0. The van der Waals surface area contributed by atoms with Crippen molar-refractivity contribution >= 4 is 38.6 Å². The quantitative estimate of drug-likeness (QED) is 0.653. The first-order chi connectivity index (χ1) is 13.5. The number of halogens is 1. The summed E-state index contributed by atoms with van der Waals surface area (Å²) >= 11 is 3.41. The molecule has 2 aromatic carbocycles. The summed E-state index contributed by atoms with van der Waals surface area (Å²) < 4.78 is 0.952. The molecule has 0 saturated carbocycles. The fourth-order valence-corrected chi connectivity index (χ4v) is 4.01. The lowest BCUT2D eigenvalue weighted by Crippen LogP contribution is -2.51. The number of hydrogen-bond donors (Lipinski definition) is 2. The maximum absolute atomic E-state index is 12.9. The molecule has 0 radical (unpaired) electrons. The van der Waals surface area contributed by atoms with Crippen LogP contribution in [0.1, 0.15) is 22.1 Å². The monoisotopic (exact) mass is 440 g/mol. The van der Waals surface area contributed by atoms with Crippen molar-refractivity contribution in [2.45, 2.75) is 6.04 Å². The van der Waals surface area contributed by atoms with E-state index in [4.69, 9.17) is 5.73 Å². The number of fused-ring (bicyclic) bond motifs is 1. The summed E-state index contributed by atoms with van der Waals surface area (Å²) in [7, 11) is 0. The van der Waals surface area contributed by atoms with Crippen LogP contribution >= 0.6 is 15.9 Å². The molecule has 144 valence electrons. The first-order valence-electron chi connectivity index (χ1n) is 9.19. The Morgan fingerprint density at radius 3 is 2.32 bits per heavy atom. The molecule has 1 aliphatic heterocycles. The molecule has 2 amide bonds. The van der Waals surface area contributed by atoms with Gasteiger partial charge in [-0.3, -0.25) is 14.5 Å². The second-order valence-electron chi connectivity index (χ2n) is 6.95. The summed E-state index contributed by atoms with van der Waals surface area (Å²) in [5.41, 5.74) is 8.10. The maximum atomic E-state index is 12.9. The zero-order valence-corrected chi connectivity index (χ0v) is 16.9. The first-order valence-corrected chi connectivity index (χ1v) is 9.98. The van der Waals surface area contributed by atoms with Gasteiger partial charge < -0.3 is 15.6 Å². The summed E-state index contributed by atoms with van der Waals surface area (Å²) in [6.45, 7) is 2.29. The number of nitrogens with two attached hydrogens (primary N) is 1. The molecule has 0 bridgehead atoms. The summed E-state index contributed by atoms with van der Waals surface area (Å²) in [6.07, 6.45) is 0. The molecule has 3 N–H and O–H groups in total. The Bertz CT molecular complexity index is 974. The average molecular weight is 441 g/mol. The number of rotatable bonds is 4. The van der Waals surface area contributed by atoms with Crippen molar-refractivity contribution in [1.29, 1.82) is 0 Å². The van der Waals surface area contributed by atoms with Crippen molar-refractivity contribution in [3.05, 3.63) is 70.3 Å². The molecular formula is C21H21BrN4O2. The molecule has 0 spiro atoms. The highest BCUT2D eigenvalue weighted by Gasteiger charge is 2.31. The number of aromatic nitrogens is 1. The lowest BCUT2D eigenvalue weighted by atomic mass is 10.0. The number of primary amides is 1. The lowest BCUT2D eigenvalue weighted by molar-refractivity contribution is -0.124. The van der Waals surface area contributed by atoms with E-state index in [0.717, 1.165) is 20.9 Å². The van der Waals surface area contributed by atoms with E-state index in [1.807, 2.05) is 64.4 Å². The molecule has 4 rings (SSSR count). The van der Waals surface area contributed by atoms with Crippen molar-refractivity contribution in [1.82, 2.24) is 14.8 Å². The molecule has 28 heavy (non-hydrogen) atoms. The van der Waals surface area contributed by atoms with Gasteiger partial charge >= 0.3 is 0 Å². The van der Waals surface area contributed by atoms with E-state index in [1.54, 1.807) is 0 Å². The number of nitrogens with zero attached hydrogens (tertiary/aromatic N) is 2.